The lowest BCUT2D eigenvalue weighted by Crippen LogP contribution is -2.51. The third-order valence-corrected chi connectivity index (χ3v) is 4.49. The predicted molar refractivity (Wildman–Crippen MR) is 83.9 cm³/mol. The van der Waals surface area contributed by atoms with Crippen molar-refractivity contribution in [2.75, 3.05) is 18.5 Å². The van der Waals surface area contributed by atoms with Gasteiger partial charge in [0.15, 0.2) is 0 Å². The number of rotatable bonds is 2. The Labute approximate surface area is 128 Å². The molecule has 0 spiro atoms. The van der Waals surface area contributed by atoms with Gasteiger partial charge in [-0.05, 0) is 49.4 Å². The van der Waals surface area contributed by atoms with Gasteiger partial charge < -0.3 is 15.3 Å². The van der Waals surface area contributed by atoms with Crippen molar-refractivity contribution >= 4 is 27.6 Å². The zero-order valence-electron chi connectivity index (χ0n) is 11.9. The van der Waals surface area contributed by atoms with E-state index < -0.39 is 0 Å². The van der Waals surface area contributed by atoms with Crippen LogP contribution in [0, 0.1) is 12.8 Å². The van der Waals surface area contributed by atoms with E-state index in [4.69, 9.17) is 0 Å². The first-order chi connectivity index (χ1) is 9.52. The van der Waals surface area contributed by atoms with Gasteiger partial charge in [-0.15, -0.1) is 0 Å². The van der Waals surface area contributed by atoms with Gasteiger partial charge in [0.25, 0.3) is 0 Å². The monoisotopic (exact) mass is 340 g/mol. The standard InChI is InChI=1S/C15H21BrN2O2/c1-10-4-3-7-18(14(10)9-19)15(20)17-13-6-5-12(16)8-11(13)2/h5-6,8,10,14,19H,3-4,7,9H2,1-2H3,(H,17,20). The Bertz CT molecular complexity index is 493. The average molecular weight is 341 g/mol. The number of anilines is 1. The summed E-state index contributed by atoms with van der Waals surface area (Å²) in [5.74, 6) is 0.338. The molecule has 20 heavy (non-hydrogen) atoms. The van der Waals surface area contributed by atoms with E-state index in [1.165, 1.54) is 0 Å². The lowest BCUT2D eigenvalue weighted by Gasteiger charge is -2.39. The van der Waals surface area contributed by atoms with E-state index in [1.807, 2.05) is 25.1 Å². The molecule has 2 N–H and O–H groups in total. The first-order valence-electron chi connectivity index (χ1n) is 6.97. The second-order valence-electron chi connectivity index (χ2n) is 5.45. The Morgan fingerprint density at radius 1 is 1.55 bits per heavy atom. The van der Waals surface area contributed by atoms with Gasteiger partial charge in [-0.1, -0.05) is 22.9 Å². The van der Waals surface area contributed by atoms with E-state index in [0.29, 0.717) is 12.5 Å². The summed E-state index contributed by atoms with van der Waals surface area (Å²) in [5.41, 5.74) is 1.83. The molecular formula is C15H21BrN2O2. The Hall–Kier alpha value is -1.07. The zero-order chi connectivity index (χ0) is 14.7. The van der Waals surface area contributed by atoms with Crippen LogP contribution >= 0.6 is 15.9 Å². The highest BCUT2D eigenvalue weighted by Gasteiger charge is 2.31. The van der Waals surface area contributed by atoms with E-state index in [1.54, 1.807) is 4.90 Å². The molecule has 1 aliphatic rings. The molecule has 2 rings (SSSR count). The number of piperidine rings is 1. The predicted octanol–water partition coefficient (Wildman–Crippen LogP) is 3.38. The normalized spacial score (nSPS) is 22.7. The van der Waals surface area contributed by atoms with Crippen LogP contribution in [-0.4, -0.2) is 35.2 Å². The summed E-state index contributed by atoms with van der Waals surface area (Å²) in [5, 5.41) is 12.5. The van der Waals surface area contributed by atoms with E-state index in [9.17, 15) is 9.90 Å². The van der Waals surface area contributed by atoms with E-state index >= 15 is 0 Å². The topological polar surface area (TPSA) is 52.6 Å². The Morgan fingerprint density at radius 3 is 2.95 bits per heavy atom. The number of aliphatic hydroxyl groups excluding tert-OH is 1. The van der Waals surface area contributed by atoms with Crippen LogP contribution in [-0.2, 0) is 0 Å². The first-order valence-corrected chi connectivity index (χ1v) is 7.77. The van der Waals surface area contributed by atoms with E-state index in [2.05, 4.69) is 28.2 Å². The zero-order valence-corrected chi connectivity index (χ0v) is 13.5. The van der Waals surface area contributed by atoms with Crippen LogP contribution in [0.15, 0.2) is 22.7 Å². The van der Waals surface area contributed by atoms with Crippen LogP contribution < -0.4 is 5.32 Å². The van der Waals surface area contributed by atoms with Crippen molar-refractivity contribution in [2.45, 2.75) is 32.7 Å². The number of nitrogens with zero attached hydrogens (tertiary/aromatic N) is 1. The highest BCUT2D eigenvalue weighted by Crippen LogP contribution is 2.25. The molecule has 1 aromatic carbocycles. The quantitative estimate of drug-likeness (QED) is 0.866. The second kappa shape index (κ2) is 6.59. The number of hydrogen-bond donors (Lipinski definition) is 2. The molecule has 4 nitrogen and oxygen atoms in total. The molecule has 2 atom stereocenters. The van der Waals surface area contributed by atoms with Gasteiger partial charge in [0, 0.05) is 16.7 Å². The summed E-state index contributed by atoms with van der Waals surface area (Å²) in [4.78, 5) is 14.2. The molecule has 2 unspecified atom stereocenters. The molecule has 1 heterocycles. The Morgan fingerprint density at radius 2 is 2.30 bits per heavy atom. The third kappa shape index (κ3) is 3.33. The second-order valence-corrected chi connectivity index (χ2v) is 6.37. The molecule has 110 valence electrons. The largest absolute Gasteiger partial charge is 0.394 e. The van der Waals surface area contributed by atoms with Crippen molar-refractivity contribution in [1.82, 2.24) is 4.90 Å². The lowest BCUT2D eigenvalue weighted by molar-refractivity contribution is 0.0811. The summed E-state index contributed by atoms with van der Waals surface area (Å²) in [6, 6.07) is 5.56. The first kappa shape index (κ1) is 15.3. The Kier molecular flexibility index (Phi) is 5.05. The van der Waals surface area contributed by atoms with Crippen LogP contribution in [0.25, 0.3) is 0 Å². The van der Waals surface area contributed by atoms with Crippen molar-refractivity contribution < 1.29 is 9.90 Å². The van der Waals surface area contributed by atoms with Crippen LogP contribution in [0.1, 0.15) is 25.3 Å². The number of aryl methyl sites for hydroxylation is 1. The number of carbonyl (C=O) groups excluding carboxylic acids is 1. The van der Waals surface area contributed by atoms with Gasteiger partial charge in [0.05, 0.1) is 12.6 Å². The van der Waals surface area contributed by atoms with E-state index in [-0.39, 0.29) is 18.7 Å². The Balaban J connectivity index is 2.10. The van der Waals surface area contributed by atoms with Gasteiger partial charge >= 0.3 is 6.03 Å². The number of aliphatic hydroxyl groups is 1. The smallest absolute Gasteiger partial charge is 0.322 e. The number of nitrogens with one attached hydrogen (secondary N) is 1. The molecule has 0 aromatic heterocycles. The molecule has 1 saturated heterocycles. The maximum Gasteiger partial charge on any atom is 0.322 e. The number of carbonyl (C=O) groups is 1. The van der Waals surface area contributed by atoms with Crippen LogP contribution in [0.5, 0.6) is 0 Å². The average Bonchev–Trinajstić information content (AvgIpc) is 2.41. The molecule has 5 heteroatoms. The van der Waals surface area contributed by atoms with Crippen molar-refractivity contribution in [1.29, 1.82) is 0 Å². The fourth-order valence-electron chi connectivity index (χ4n) is 2.73. The molecular weight excluding hydrogens is 320 g/mol. The SMILES string of the molecule is Cc1cc(Br)ccc1NC(=O)N1CCCC(C)C1CO. The van der Waals surface area contributed by atoms with Crippen LogP contribution in [0.3, 0.4) is 0 Å². The van der Waals surface area contributed by atoms with Gasteiger partial charge in [-0.3, -0.25) is 0 Å². The number of hydrogen-bond acceptors (Lipinski definition) is 2. The minimum atomic E-state index is -0.124. The fourth-order valence-corrected chi connectivity index (χ4v) is 3.21. The van der Waals surface area contributed by atoms with Crippen LogP contribution in [0.4, 0.5) is 10.5 Å². The highest BCUT2D eigenvalue weighted by atomic mass is 79.9. The number of halogens is 1. The number of benzene rings is 1. The number of likely N-dealkylation sites (tertiary alicyclic amines) is 1. The minimum absolute atomic E-state index is 0.0217. The molecule has 2 amide bonds. The molecule has 1 aliphatic heterocycles. The minimum Gasteiger partial charge on any atom is -0.394 e. The number of urea groups is 1. The van der Waals surface area contributed by atoms with Gasteiger partial charge in [-0.2, -0.15) is 0 Å². The van der Waals surface area contributed by atoms with Crippen molar-refractivity contribution in [2.24, 2.45) is 5.92 Å². The fraction of sp³-hybridized carbons (Fsp3) is 0.533. The van der Waals surface area contributed by atoms with Crippen molar-refractivity contribution in [3.63, 3.8) is 0 Å². The summed E-state index contributed by atoms with van der Waals surface area (Å²) in [6.45, 7) is 4.78. The molecule has 0 saturated carbocycles. The van der Waals surface area contributed by atoms with Gasteiger partial charge in [0.2, 0.25) is 0 Å². The molecule has 1 fully saturated rings. The van der Waals surface area contributed by atoms with E-state index in [0.717, 1.165) is 28.6 Å². The maximum absolute atomic E-state index is 12.4. The molecule has 0 aliphatic carbocycles. The molecule has 1 aromatic rings. The lowest BCUT2D eigenvalue weighted by atomic mass is 9.91. The van der Waals surface area contributed by atoms with Crippen molar-refractivity contribution in [3.05, 3.63) is 28.2 Å². The van der Waals surface area contributed by atoms with Crippen molar-refractivity contribution in [3.8, 4) is 0 Å². The van der Waals surface area contributed by atoms with Gasteiger partial charge in [0.1, 0.15) is 0 Å². The summed E-state index contributed by atoms with van der Waals surface area (Å²) in [7, 11) is 0. The summed E-state index contributed by atoms with van der Waals surface area (Å²) < 4.78 is 0.993. The summed E-state index contributed by atoms with van der Waals surface area (Å²) in [6.07, 6.45) is 2.05. The summed E-state index contributed by atoms with van der Waals surface area (Å²) >= 11 is 3.41. The number of amides is 2. The maximum atomic E-state index is 12.4. The highest BCUT2D eigenvalue weighted by molar-refractivity contribution is 9.10. The molecule has 0 bridgehead atoms. The van der Waals surface area contributed by atoms with Crippen LogP contribution in [0.2, 0.25) is 0 Å². The van der Waals surface area contributed by atoms with Gasteiger partial charge in [-0.25, -0.2) is 4.79 Å². The molecule has 0 radical (unpaired) electrons. The third-order valence-electron chi connectivity index (χ3n) is 3.99.